The molecule has 200 valence electrons. The standard InChI is InChI=1S/C25H30N8O4S/c1-16(2)24(35)31-7-5-30(6-8-31)21-11-19(38(36,37)29-25(15-26)3-4-25)14-32-22(12-27-23(21)32)20-10-17-9-18(34)13-33(17)28-20/h10-12,14,16,18,29,34H,3-9,13H2,1-2H3. The molecule has 0 radical (unpaired) electrons. The fourth-order valence-electron chi connectivity index (χ4n) is 5.23. The lowest BCUT2D eigenvalue weighted by Gasteiger charge is -2.37. The zero-order chi connectivity index (χ0) is 26.8. The Morgan fingerprint density at radius 2 is 1.97 bits per heavy atom. The summed E-state index contributed by atoms with van der Waals surface area (Å²) in [7, 11) is -4.01. The van der Waals surface area contributed by atoms with Gasteiger partial charge in [0.2, 0.25) is 15.9 Å². The Kier molecular flexibility index (Phi) is 5.75. The molecule has 1 saturated heterocycles. The maximum Gasteiger partial charge on any atom is 0.243 e. The highest BCUT2D eigenvalue weighted by molar-refractivity contribution is 7.89. The number of nitrogens with zero attached hydrogens (tertiary/aromatic N) is 7. The van der Waals surface area contributed by atoms with E-state index in [0.29, 0.717) is 74.7 Å². The van der Waals surface area contributed by atoms with Crippen molar-refractivity contribution in [3.8, 4) is 17.5 Å². The van der Waals surface area contributed by atoms with Crippen LogP contribution in [0.25, 0.3) is 17.0 Å². The number of anilines is 1. The summed E-state index contributed by atoms with van der Waals surface area (Å²) in [5.41, 5.74) is 2.33. The first-order valence-electron chi connectivity index (χ1n) is 12.8. The number of nitrogens with one attached hydrogen (secondary N) is 1. The highest BCUT2D eigenvalue weighted by Crippen LogP contribution is 2.37. The molecular weight excluding hydrogens is 508 g/mol. The summed E-state index contributed by atoms with van der Waals surface area (Å²) in [4.78, 5) is 21.1. The largest absolute Gasteiger partial charge is 0.391 e. The number of imidazole rings is 1. The summed E-state index contributed by atoms with van der Waals surface area (Å²) in [5.74, 6) is 0.0118. The molecule has 12 nitrogen and oxygen atoms in total. The van der Waals surface area contributed by atoms with E-state index < -0.39 is 21.7 Å². The number of aromatic nitrogens is 4. The molecule has 13 heteroatoms. The van der Waals surface area contributed by atoms with Crippen molar-refractivity contribution in [1.82, 2.24) is 28.8 Å². The Hall–Kier alpha value is -3.47. The Morgan fingerprint density at radius 1 is 1.24 bits per heavy atom. The number of hydrogen-bond donors (Lipinski definition) is 2. The lowest BCUT2D eigenvalue weighted by atomic mass is 10.1. The van der Waals surface area contributed by atoms with Gasteiger partial charge in [0.15, 0.2) is 5.65 Å². The normalized spacial score (nSPS) is 20.7. The minimum atomic E-state index is -4.01. The Balaban J connectivity index is 1.41. The van der Waals surface area contributed by atoms with Gasteiger partial charge in [-0.15, -0.1) is 0 Å². The van der Waals surface area contributed by atoms with Gasteiger partial charge < -0.3 is 14.9 Å². The molecule has 0 aromatic carbocycles. The number of rotatable bonds is 6. The van der Waals surface area contributed by atoms with Crippen LogP contribution >= 0.6 is 0 Å². The molecule has 6 rings (SSSR count). The van der Waals surface area contributed by atoms with Crippen LogP contribution in [-0.2, 0) is 27.8 Å². The summed E-state index contributed by atoms with van der Waals surface area (Å²) >= 11 is 0. The molecule has 1 unspecified atom stereocenters. The number of amides is 1. The molecule has 2 aliphatic heterocycles. The molecule has 1 atom stereocenters. The van der Waals surface area contributed by atoms with Gasteiger partial charge in [-0.2, -0.15) is 15.1 Å². The lowest BCUT2D eigenvalue weighted by Crippen LogP contribution is -2.50. The van der Waals surface area contributed by atoms with E-state index in [1.54, 1.807) is 21.3 Å². The van der Waals surface area contributed by atoms with Crippen molar-refractivity contribution in [1.29, 1.82) is 5.26 Å². The van der Waals surface area contributed by atoms with Crippen molar-refractivity contribution >= 4 is 27.3 Å². The molecule has 0 spiro atoms. The van der Waals surface area contributed by atoms with Crippen LogP contribution in [0.5, 0.6) is 0 Å². The molecule has 3 aromatic heterocycles. The number of piperazine rings is 1. The number of sulfonamides is 1. The number of carbonyl (C=O) groups is 1. The van der Waals surface area contributed by atoms with E-state index in [2.05, 4.69) is 25.8 Å². The predicted molar refractivity (Wildman–Crippen MR) is 138 cm³/mol. The average molecular weight is 539 g/mol. The van der Waals surface area contributed by atoms with Gasteiger partial charge in [-0.1, -0.05) is 13.8 Å². The van der Waals surface area contributed by atoms with E-state index in [1.807, 2.05) is 24.8 Å². The summed E-state index contributed by atoms with van der Waals surface area (Å²) < 4.78 is 33.0. The first-order valence-corrected chi connectivity index (χ1v) is 14.3. The first kappa shape index (κ1) is 24.8. The monoisotopic (exact) mass is 538 g/mol. The molecular formula is C25H30N8O4S. The lowest BCUT2D eigenvalue weighted by molar-refractivity contribution is -0.134. The summed E-state index contributed by atoms with van der Waals surface area (Å²) in [6.07, 6.45) is 4.20. The number of hydrogen-bond acceptors (Lipinski definition) is 8. The molecule has 2 fully saturated rings. The van der Waals surface area contributed by atoms with Gasteiger partial charge in [0, 0.05) is 50.4 Å². The minimum Gasteiger partial charge on any atom is -0.391 e. The van der Waals surface area contributed by atoms with Gasteiger partial charge in [0.1, 0.15) is 16.1 Å². The van der Waals surface area contributed by atoms with Gasteiger partial charge >= 0.3 is 0 Å². The van der Waals surface area contributed by atoms with Crippen LogP contribution in [0.2, 0.25) is 0 Å². The van der Waals surface area contributed by atoms with Gasteiger partial charge in [0.25, 0.3) is 0 Å². The number of carbonyl (C=O) groups excluding carboxylic acids is 1. The van der Waals surface area contributed by atoms with Gasteiger partial charge in [-0.05, 0) is 25.0 Å². The zero-order valence-electron chi connectivity index (χ0n) is 21.3. The maximum absolute atomic E-state index is 13.4. The smallest absolute Gasteiger partial charge is 0.243 e. The van der Waals surface area contributed by atoms with Crippen molar-refractivity contribution < 1.29 is 18.3 Å². The average Bonchev–Trinajstić information content (AvgIpc) is 3.17. The van der Waals surface area contributed by atoms with Crippen molar-refractivity contribution in [3.05, 3.63) is 30.2 Å². The van der Waals surface area contributed by atoms with Crippen LogP contribution in [0.15, 0.2) is 29.4 Å². The topological polar surface area (TPSA) is 149 Å². The molecule has 1 aliphatic carbocycles. The quantitative estimate of drug-likeness (QED) is 0.467. The molecule has 38 heavy (non-hydrogen) atoms. The Morgan fingerprint density at radius 3 is 2.61 bits per heavy atom. The molecule has 3 aromatic rings. The van der Waals surface area contributed by atoms with Gasteiger partial charge in [0.05, 0.1) is 36.3 Å². The van der Waals surface area contributed by atoms with Crippen LogP contribution in [0.3, 0.4) is 0 Å². The van der Waals surface area contributed by atoms with Crippen LogP contribution in [0, 0.1) is 17.2 Å². The van der Waals surface area contributed by atoms with Crippen LogP contribution < -0.4 is 9.62 Å². The second-order valence-corrected chi connectivity index (χ2v) is 12.4. The second-order valence-electron chi connectivity index (χ2n) is 10.7. The van der Waals surface area contributed by atoms with Gasteiger partial charge in [-0.3, -0.25) is 13.9 Å². The van der Waals surface area contributed by atoms with Crippen LogP contribution in [0.1, 0.15) is 32.4 Å². The van der Waals surface area contributed by atoms with Crippen molar-refractivity contribution in [2.24, 2.45) is 5.92 Å². The number of fused-ring (bicyclic) bond motifs is 2. The third kappa shape index (κ3) is 4.22. The SMILES string of the molecule is CC(C)C(=O)N1CCN(c2cc(S(=O)(=O)NC3(C#N)CC3)cn3c(-c4cc5n(n4)CC(O)C5)cnc23)CC1. The van der Waals surface area contributed by atoms with Crippen molar-refractivity contribution in [2.45, 2.75) is 56.2 Å². The number of aliphatic hydroxyl groups excluding tert-OH is 1. The highest BCUT2D eigenvalue weighted by atomic mass is 32.2. The molecule has 3 aliphatic rings. The summed E-state index contributed by atoms with van der Waals surface area (Å²) in [6, 6.07) is 5.58. The Labute approximate surface area is 220 Å². The molecule has 0 bridgehead atoms. The predicted octanol–water partition coefficient (Wildman–Crippen LogP) is 0.754. The fraction of sp³-hybridized carbons (Fsp3) is 0.520. The van der Waals surface area contributed by atoms with Crippen molar-refractivity contribution in [3.63, 3.8) is 0 Å². The van der Waals surface area contributed by atoms with E-state index in [9.17, 15) is 23.6 Å². The summed E-state index contributed by atoms with van der Waals surface area (Å²) in [6.45, 7) is 6.30. The maximum atomic E-state index is 13.4. The molecule has 1 amide bonds. The van der Waals surface area contributed by atoms with E-state index in [0.717, 1.165) is 5.69 Å². The van der Waals surface area contributed by atoms with Crippen LogP contribution in [-0.4, -0.2) is 81.3 Å². The number of nitriles is 1. The highest BCUT2D eigenvalue weighted by Gasteiger charge is 2.47. The minimum absolute atomic E-state index is 0.0311. The number of aliphatic hydroxyl groups is 1. The molecule has 1 saturated carbocycles. The van der Waals surface area contributed by atoms with E-state index in [4.69, 9.17) is 0 Å². The third-order valence-corrected chi connectivity index (χ3v) is 9.05. The molecule has 2 N–H and O–H groups in total. The van der Waals surface area contributed by atoms with E-state index in [-0.39, 0.29) is 16.7 Å². The summed E-state index contributed by atoms with van der Waals surface area (Å²) in [5, 5.41) is 24.0. The fourth-order valence-corrected chi connectivity index (χ4v) is 6.63. The number of pyridine rings is 1. The van der Waals surface area contributed by atoms with Crippen molar-refractivity contribution in [2.75, 3.05) is 31.1 Å². The zero-order valence-corrected chi connectivity index (χ0v) is 22.1. The van der Waals surface area contributed by atoms with Crippen LogP contribution in [0.4, 0.5) is 5.69 Å². The second kappa shape index (κ2) is 8.79. The third-order valence-electron chi connectivity index (χ3n) is 7.55. The Bertz CT molecular complexity index is 1550. The van der Waals surface area contributed by atoms with Gasteiger partial charge in [-0.25, -0.2) is 13.4 Å². The first-order chi connectivity index (χ1) is 18.1. The van der Waals surface area contributed by atoms with E-state index >= 15 is 0 Å². The van der Waals surface area contributed by atoms with E-state index in [1.165, 1.54) is 6.20 Å². The molecule has 5 heterocycles.